The van der Waals surface area contributed by atoms with Crippen molar-refractivity contribution in [3.05, 3.63) is 58.0 Å². The Morgan fingerprint density at radius 3 is 2.45 bits per heavy atom. The molecule has 1 amide bonds. The van der Waals surface area contributed by atoms with Gasteiger partial charge in [-0.05, 0) is 36.5 Å². The normalized spacial score (nSPS) is 15.7. The van der Waals surface area contributed by atoms with Crippen LogP contribution in [0.15, 0.2) is 46.5 Å². The van der Waals surface area contributed by atoms with E-state index in [4.69, 9.17) is 16.6 Å². The molecule has 1 fully saturated rings. The quantitative estimate of drug-likeness (QED) is 0.390. The first-order chi connectivity index (χ1) is 10.5. The molecule has 0 atom stereocenters. The number of nitro benzene ring substituents is 1. The highest BCUT2D eigenvalue weighted by atomic mass is 32.1. The van der Waals surface area contributed by atoms with E-state index in [0.29, 0.717) is 22.8 Å². The number of carbonyl (C=O) groups is 1. The van der Waals surface area contributed by atoms with Crippen molar-refractivity contribution < 1.29 is 14.1 Å². The number of thiocarbonyl (C=S) groups is 1. The summed E-state index contributed by atoms with van der Waals surface area (Å²) in [5, 5.41) is 16.0. The second-order valence-corrected chi connectivity index (χ2v) is 4.88. The number of carbonyl (C=O) groups excluding carboxylic acids is 1. The molecule has 7 nitrogen and oxygen atoms in total. The van der Waals surface area contributed by atoms with Gasteiger partial charge in [0.05, 0.1) is 4.92 Å². The Balaban J connectivity index is 1.85. The molecule has 110 valence electrons. The second-order valence-electron chi connectivity index (χ2n) is 4.47. The Morgan fingerprint density at radius 2 is 1.86 bits per heavy atom. The van der Waals surface area contributed by atoms with Gasteiger partial charge in [-0.2, -0.15) is 0 Å². The summed E-state index contributed by atoms with van der Waals surface area (Å²) >= 11 is 4.83. The maximum atomic E-state index is 11.5. The number of nitrogens with zero attached hydrogens (tertiary/aromatic N) is 1. The number of rotatable bonds is 3. The monoisotopic (exact) mass is 315 g/mol. The Kier molecular flexibility index (Phi) is 3.43. The van der Waals surface area contributed by atoms with Gasteiger partial charge in [0.25, 0.3) is 11.6 Å². The first-order valence-electron chi connectivity index (χ1n) is 6.21. The van der Waals surface area contributed by atoms with E-state index in [0.717, 1.165) is 0 Å². The molecular weight excluding hydrogens is 306 g/mol. The van der Waals surface area contributed by atoms with Crippen molar-refractivity contribution >= 4 is 35.0 Å². The minimum Gasteiger partial charge on any atom is -0.457 e. The van der Waals surface area contributed by atoms with Crippen LogP contribution >= 0.6 is 12.2 Å². The fraction of sp³-hybridized carbons (Fsp3) is 0. The SMILES string of the molecule is O=C1NC(=S)N/C1=C\c1ccc(-c2ccc([N+](=O)[O-])cc2)o1. The molecular formula is C14H9N3O4S. The van der Waals surface area contributed by atoms with Crippen LogP contribution < -0.4 is 10.6 Å². The van der Waals surface area contributed by atoms with Gasteiger partial charge < -0.3 is 9.73 Å². The van der Waals surface area contributed by atoms with Gasteiger partial charge >= 0.3 is 0 Å². The number of amides is 1. The molecule has 2 heterocycles. The van der Waals surface area contributed by atoms with Crippen LogP contribution in [0, 0.1) is 10.1 Å². The lowest BCUT2D eigenvalue weighted by atomic mass is 10.1. The fourth-order valence-corrected chi connectivity index (χ4v) is 2.16. The van der Waals surface area contributed by atoms with Crippen molar-refractivity contribution in [2.75, 3.05) is 0 Å². The first-order valence-corrected chi connectivity index (χ1v) is 6.62. The van der Waals surface area contributed by atoms with Crippen molar-refractivity contribution in [1.29, 1.82) is 0 Å². The zero-order valence-corrected chi connectivity index (χ0v) is 11.8. The first kappa shape index (κ1) is 14.0. The predicted octanol–water partition coefficient (Wildman–Crippen LogP) is 2.20. The summed E-state index contributed by atoms with van der Waals surface area (Å²) in [6.07, 6.45) is 1.53. The predicted molar refractivity (Wildman–Crippen MR) is 82.7 cm³/mol. The van der Waals surface area contributed by atoms with Crippen LogP contribution in [0.25, 0.3) is 17.4 Å². The molecule has 8 heteroatoms. The topological polar surface area (TPSA) is 97.4 Å². The molecule has 0 radical (unpaired) electrons. The minimum atomic E-state index is -0.463. The van der Waals surface area contributed by atoms with Gasteiger partial charge in [0, 0.05) is 23.8 Å². The summed E-state index contributed by atoms with van der Waals surface area (Å²) in [5.74, 6) is 0.691. The number of furan rings is 1. The van der Waals surface area contributed by atoms with E-state index in [-0.39, 0.29) is 16.7 Å². The van der Waals surface area contributed by atoms with E-state index in [2.05, 4.69) is 10.6 Å². The Labute approximate surface area is 129 Å². The molecule has 2 aromatic rings. The molecule has 2 N–H and O–H groups in total. The van der Waals surface area contributed by atoms with Crippen LogP contribution in [-0.4, -0.2) is 15.9 Å². The van der Waals surface area contributed by atoms with E-state index < -0.39 is 4.92 Å². The summed E-state index contributed by atoms with van der Waals surface area (Å²) in [5.41, 5.74) is 1.02. The van der Waals surface area contributed by atoms with Crippen molar-refractivity contribution in [2.24, 2.45) is 0 Å². The zero-order valence-electron chi connectivity index (χ0n) is 11.0. The second kappa shape index (κ2) is 5.41. The molecule has 0 bridgehead atoms. The van der Waals surface area contributed by atoms with Crippen molar-refractivity contribution in [2.45, 2.75) is 0 Å². The third-order valence-electron chi connectivity index (χ3n) is 3.00. The summed E-state index contributed by atoms with van der Waals surface area (Å²) in [7, 11) is 0. The maximum absolute atomic E-state index is 11.5. The lowest BCUT2D eigenvalue weighted by molar-refractivity contribution is -0.384. The van der Waals surface area contributed by atoms with Crippen molar-refractivity contribution in [3.8, 4) is 11.3 Å². The number of nitro groups is 1. The van der Waals surface area contributed by atoms with E-state index in [1.165, 1.54) is 18.2 Å². The largest absolute Gasteiger partial charge is 0.457 e. The smallest absolute Gasteiger partial charge is 0.274 e. The molecule has 1 aromatic carbocycles. The molecule has 0 aliphatic carbocycles. The highest BCUT2D eigenvalue weighted by Crippen LogP contribution is 2.25. The summed E-state index contributed by atoms with van der Waals surface area (Å²) in [6.45, 7) is 0. The van der Waals surface area contributed by atoms with Gasteiger partial charge in [-0.1, -0.05) is 0 Å². The average Bonchev–Trinajstić information content (AvgIpc) is 3.06. The molecule has 22 heavy (non-hydrogen) atoms. The van der Waals surface area contributed by atoms with Crippen molar-refractivity contribution in [1.82, 2.24) is 10.6 Å². The van der Waals surface area contributed by atoms with Gasteiger partial charge in [-0.15, -0.1) is 0 Å². The molecule has 3 rings (SSSR count). The van der Waals surface area contributed by atoms with Crippen LogP contribution in [-0.2, 0) is 4.79 Å². The number of non-ortho nitro benzene ring substituents is 1. The van der Waals surface area contributed by atoms with Crippen molar-refractivity contribution in [3.63, 3.8) is 0 Å². The van der Waals surface area contributed by atoms with E-state index >= 15 is 0 Å². The highest BCUT2D eigenvalue weighted by Gasteiger charge is 2.20. The Bertz CT molecular complexity index is 808. The molecule has 1 aliphatic rings. The third-order valence-corrected chi connectivity index (χ3v) is 3.20. The van der Waals surface area contributed by atoms with Crippen LogP contribution in [0.1, 0.15) is 5.76 Å². The standard InChI is InChI=1S/C14H9N3O4S/c18-13-11(15-14(22)16-13)7-10-5-6-12(21-10)8-1-3-9(4-2-8)17(19)20/h1-7H,(H2,15,16,18,22)/b11-7-. The number of benzene rings is 1. The summed E-state index contributed by atoms with van der Waals surface area (Å²) in [4.78, 5) is 21.7. The van der Waals surface area contributed by atoms with Crippen LogP contribution in [0.3, 0.4) is 0 Å². The van der Waals surface area contributed by atoms with Gasteiger partial charge in [-0.3, -0.25) is 20.2 Å². The summed E-state index contributed by atoms with van der Waals surface area (Å²) < 4.78 is 5.61. The fourth-order valence-electron chi connectivity index (χ4n) is 1.96. The lowest BCUT2D eigenvalue weighted by Gasteiger charge is -1.97. The lowest BCUT2D eigenvalue weighted by Crippen LogP contribution is -2.21. The molecule has 1 aromatic heterocycles. The highest BCUT2D eigenvalue weighted by molar-refractivity contribution is 7.80. The zero-order chi connectivity index (χ0) is 15.7. The van der Waals surface area contributed by atoms with Crippen LogP contribution in [0.5, 0.6) is 0 Å². The summed E-state index contributed by atoms with van der Waals surface area (Å²) in [6, 6.07) is 9.42. The van der Waals surface area contributed by atoms with E-state index in [1.807, 2.05) is 0 Å². The number of hydrogen-bond donors (Lipinski definition) is 2. The molecule has 1 aliphatic heterocycles. The van der Waals surface area contributed by atoms with Crippen LogP contribution in [0.2, 0.25) is 0 Å². The van der Waals surface area contributed by atoms with Crippen LogP contribution in [0.4, 0.5) is 5.69 Å². The average molecular weight is 315 g/mol. The van der Waals surface area contributed by atoms with Gasteiger partial charge in [0.2, 0.25) is 0 Å². The van der Waals surface area contributed by atoms with E-state index in [1.54, 1.807) is 24.3 Å². The molecule has 1 saturated heterocycles. The van der Waals surface area contributed by atoms with Gasteiger partial charge in [0.15, 0.2) is 5.11 Å². The molecule has 0 saturated carbocycles. The number of hydrogen-bond acceptors (Lipinski definition) is 5. The Morgan fingerprint density at radius 1 is 1.14 bits per heavy atom. The van der Waals surface area contributed by atoms with Gasteiger partial charge in [-0.25, -0.2) is 0 Å². The third kappa shape index (κ3) is 2.72. The maximum Gasteiger partial charge on any atom is 0.274 e. The molecule has 0 spiro atoms. The van der Waals surface area contributed by atoms with E-state index in [9.17, 15) is 14.9 Å². The minimum absolute atomic E-state index is 0.0120. The van der Waals surface area contributed by atoms with Gasteiger partial charge in [0.1, 0.15) is 17.2 Å². The Hall–Kier alpha value is -3.00. The molecule has 0 unspecified atom stereocenters. The number of nitrogens with one attached hydrogen (secondary N) is 2.